The van der Waals surface area contributed by atoms with Gasteiger partial charge in [-0.15, -0.1) is 12.4 Å². The summed E-state index contributed by atoms with van der Waals surface area (Å²) in [4.78, 5) is 26.1. The van der Waals surface area contributed by atoms with E-state index < -0.39 is 5.91 Å². The van der Waals surface area contributed by atoms with Crippen LogP contribution >= 0.6 is 12.4 Å². The molecule has 3 rings (SSSR count). The van der Waals surface area contributed by atoms with Crippen LogP contribution in [0.5, 0.6) is 0 Å². The van der Waals surface area contributed by atoms with Crippen LogP contribution in [0.1, 0.15) is 42.6 Å². The molecule has 0 spiro atoms. The number of anilines is 1. The Morgan fingerprint density at radius 2 is 1.96 bits per heavy atom. The van der Waals surface area contributed by atoms with Crippen molar-refractivity contribution < 1.29 is 9.21 Å². The number of piperazine rings is 1. The second-order valence-corrected chi connectivity index (χ2v) is 7.53. The fraction of sp³-hybridized carbons (Fsp3) is 0.500. The van der Waals surface area contributed by atoms with Crippen molar-refractivity contribution in [1.29, 1.82) is 0 Å². The molecule has 1 aliphatic heterocycles. The molecular weight excluding hydrogens is 370 g/mol. The minimum absolute atomic E-state index is 0. The second-order valence-electron chi connectivity index (χ2n) is 7.53. The monoisotopic (exact) mass is 395 g/mol. The number of hydrogen-bond donors (Lipinski definition) is 2. The average molecular weight is 396 g/mol. The minimum atomic E-state index is -0.629. The van der Waals surface area contributed by atoms with E-state index in [1.807, 2.05) is 20.8 Å². The van der Waals surface area contributed by atoms with Crippen LogP contribution in [0.2, 0.25) is 0 Å². The predicted octanol–water partition coefficient (Wildman–Crippen LogP) is 1.11. The first-order valence-corrected chi connectivity index (χ1v) is 8.71. The molecule has 148 valence electrons. The van der Waals surface area contributed by atoms with Crippen LogP contribution in [0.15, 0.2) is 27.5 Å². The Balaban J connectivity index is 0.00000261. The highest BCUT2D eigenvalue weighted by Crippen LogP contribution is 2.29. The second kappa shape index (κ2) is 8.14. The van der Waals surface area contributed by atoms with E-state index in [0.717, 1.165) is 37.4 Å². The van der Waals surface area contributed by atoms with Gasteiger partial charge in [-0.1, -0.05) is 20.8 Å². The number of amides is 1. The molecule has 2 aromatic heterocycles. The smallest absolute Gasteiger partial charge is 0.284 e. The maximum absolute atomic E-state index is 12.5. The van der Waals surface area contributed by atoms with E-state index in [-0.39, 0.29) is 35.7 Å². The highest BCUT2D eigenvalue weighted by Gasteiger charge is 2.25. The Kier molecular flexibility index (Phi) is 6.33. The van der Waals surface area contributed by atoms with Gasteiger partial charge in [0, 0.05) is 43.2 Å². The summed E-state index contributed by atoms with van der Waals surface area (Å²) in [7, 11) is 0. The van der Waals surface area contributed by atoms with Crippen LogP contribution in [0, 0.1) is 0 Å². The molecule has 0 atom stereocenters. The molecule has 3 N–H and O–H groups in total. The third-order valence-electron chi connectivity index (χ3n) is 4.39. The molecule has 1 saturated heterocycles. The lowest BCUT2D eigenvalue weighted by Crippen LogP contribution is -2.44. The lowest BCUT2D eigenvalue weighted by molar-refractivity contribution is 0.0970. The standard InChI is InChI=1S/C18H25N5O3.ClH/c1-18(2,3)16-12(8-14(26-16)17(19)25)11-23-15(24)9-13(10-21-23)22-6-4-20-5-7-22;/h8-10,20H,4-7,11H2,1-3H3,(H2,19,25);1H. The number of carbonyl (C=O) groups excluding carboxylic acids is 1. The van der Waals surface area contributed by atoms with Crippen molar-refractivity contribution in [3.05, 3.63) is 45.8 Å². The SMILES string of the molecule is CC(C)(C)c1oc(C(N)=O)cc1Cn1ncc(N2CCNCC2)cc1=O.Cl. The Labute approximate surface area is 164 Å². The van der Waals surface area contributed by atoms with Gasteiger partial charge in [-0.05, 0) is 6.07 Å². The highest BCUT2D eigenvalue weighted by molar-refractivity contribution is 5.90. The largest absolute Gasteiger partial charge is 0.455 e. The molecule has 3 heterocycles. The van der Waals surface area contributed by atoms with Crippen LogP contribution in [0.3, 0.4) is 0 Å². The first kappa shape index (κ1) is 21.0. The van der Waals surface area contributed by atoms with E-state index in [0.29, 0.717) is 5.76 Å². The third-order valence-corrected chi connectivity index (χ3v) is 4.39. The fourth-order valence-electron chi connectivity index (χ4n) is 3.10. The van der Waals surface area contributed by atoms with Gasteiger partial charge in [0.05, 0.1) is 18.4 Å². The number of primary amides is 1. The van der Waals surface area contributed by atoms with Gasteiger partial charge in [0.2, 0.25) is 0 Å². The van der Waals surface area contributed by atoms with Gasteiger partial charge in [0.1, 0.15) is 5.76 Å². The van der Waals surface area contributed by atoms with E-state index in [1.54, 1.807) is 18.3 Å². The van der Waals surface area contributed by atoms with E-state index in [4.69, 9.17) is 10.2 Å². The van der Waals surface area contributed by atoms with Crippen molar-refractivity contribution in [1.82, 2.24) is 15.1 Å². The van der Waals surface area contributed by atoms with Crippen LogP contribution in [-0.2, 0) is 12.0 Å². The molecular formula is C18H26ClN5O3. The van der Waals surface area contributed by atoms with Gasteiger partial charge in [0.25, 0.3) is 11.5 Å². The minimum Gasteiger partial charge on any atom is -0.455 e. The first-order valence-electron chi connectivity index (χ1n) is 8.71. The summed E-state index contributed by atoms with van der Waals surface area (Å²) >= 11 is 0. The van der Waals surface area contributed by atoms with Gasteiger partial charge < -0.3 is 20.4 Å². The summed E-state index contributed by atoms with van der Waals surface area (Å²) in [6, 6.07) is 3.20. The van der Waals surface area contributed by atoms with Gasteiger partial charge >= 0.3 is 0 Å². The van der Waals surface area contributed by atoms with Crippen LogP contribution in [0.25, 0.3) is 0 Å². The number of hydrogen-bond acceptors (Lipinski definition) is 6. The van der Waals surface area contributed by atoms with Gasteiger partial charge in [-0.2, -0.15) is 5.10 Å². The average Bonchev–Trinajstić information content (AvgIpc) is 3.02. The number of nitrogens with zero attached hydrogens (tertiary/aromatic N) is 3. The Morgan fingerprint density at radius 1 is 1.30 bits per heavy atom. The molecule has 0 bridgehead atoms. The zero-order valence-electron chi connectivity index (χ0n) is 15.8. The van der Waals surface area contributed by atoms with E-state index >= 15 is 0 Å². The molecule has 8 nitrogen and oxygen atoms in total. The predicted molar refractivity (Wildman–Crippen MR) is 106 cm³/mol. The molecule has 0 unspecified atom stereocenters. The highest BCUT2D eigenvalue weighted by atomic mass is 35.5. The summed E-state index contributed by atoms with van der Waals surface area (Å²) in [5.41, 5.74) is 6.38. The van der Waals surface area contributed by atoms with Crippen LogP contribution in [-0.4, -0.2) is 41.9 Å². The Bertz CT molecular complexity index is 863. The summed E-state index contributed by atoms with van der Waals surface area (Å²) in [5, 5.41) is 7.59. The Hall–Kier alpha value is -2.32. The molecule has 0 aromatic carbocycles. The molecule has 1 fully saturated rings. The molecule has 1 aliphatic rings. The van der Waals surface area contributed by atoms with Gasteiger partial charge in [-0.3, -0.25) is 9.59 Å². The first-order chi connectivity index (χ1) is 12.3. The Morgan fingerprint density at radius 3 is 2.52 bits per heavy atom. The van der Waals surface area contributed by atoms with E-state index in [9.17, 15) is 9.59 Å². The van der Waals surface area contributed by atoms with E-state index in [2.05, 4.69) is 15.3 Å². The summed E-state index contributed by atoms with van der Waals surface area (Å²) in [5.74, 6) is 0.0951. The number of furan rings is 1. The molecule has 2 aromatic rings. The summed E-state index contributed by atoms with van der Waals surface area (Å²) < 4.78 is 7.01. The molecule has 1 amide bonds. The quantitative estimate of drug-likeness (QED) is 0.803. The van der Waals surface area contributed by atoms with Crippen LogP contribution in [0.4, 0.5) is 5.69 Å². The topological polar surface area (TPSA) is 106 Å². The third kappa shape index (κ3) is 4.70. The molecule has 0 saturated carbocycles. The lowest BCUT2D eigenvalue weighted by atomic mass is 9.90. The number of aromatic nitrogens is 2. The van der Waals surface area contributed by atoms with Crippen molar-refractivity contribution in [3.63, 3.8) is 0 Å². The maximum atomic E-state index is 12.5. The fourth-order valence-corrected chi connectivity index (χ4v) is 3.10. The summed E-state index contributed by atoms with van der Waals surface area (Å²) in [6.07, 6.45) is 1.71. The molecule has 0 radical (unpaired) electrons. The van der Waals surface area contributed by atoms with Gasteiger partial charge in [0.15, 0.2) is 5.76 Å². The number of nitrogens with two attached hydrogens (primary N) is 1. The van der Waals surface area contributed by atoms with Crippen molar-refractivity contribution in [2.45, 2.75) is 32.7 Å². The van der Waals surface area contributed by atoms with Crippen molar-refractivity contribution in [3.8, 4) is 0 Å². The van der Waals surface area contributed by atoms with Crippen molar-refractivity contribution >= 4 is 24.0 Å². The zero-order valence-corrected chi connectivity index (χ0v) is 16.6. The molecule has 0 aliphatic carbocycles. The zero-order chi connectivity index (χ0) is 18.9. The van der Waals surface area contributed by atoms with E-state index in [1.165, 1.54) is 4.68 Å². The van der Waals surface area contributed by atoms with Crippen molar-refractivity contribution in [2.75, 3.05) is 31.1 Å². The lowest BCUT2D eigenvalue weighted by Gasteiger charge is -2.29. The molecule has 9 heteroatoms. The van der Waals surface area contributed by atoms with Crippen LogP contribution < -0.4 is 21.5 Å². The normalized spacial score (nSPS) is 14.7. The summed E-state index contributed by atoms with van der Waals surface area (Å²) in [6.45, 7) is 9.64. The maximum Gasteiger partial charge on any atom is 0.284 e. The van der Waals surface area contributed by atoms with Crippen molar-refractivity contribution in [2.24, 2.45) is 5.73 Å². The number of halogens is 1. The number of nitrogens with one attached hydrogen (secondary N) is 1. The molecule has 27 heavy (non-hydrogen) atoms. The number of rotatable bonds is 4. The number of carbonyl (C=O) groups is 1. The van der Waals surface area contributed by atoms with Gasteiger partial charge in [-0.25, -0.2) is 4.68 Å².